The van der Waals surface area contributed by atoms with E-state index in [1.165, 1.54) is 10.4 Å². The first-order valence-corrected chi connectivity index (χ1v) is 12.9. The van der Waals surface area contributed by atoms with E-state index in [0.29, 0.717) is 6.42 Å². The summed E-state index contributed by atoms with van der Waals surface area (Å²) in [6, 6.07) is 21.1. The molecule has 0 saturated carbocycles. The van der Waals surface area contributed by atoms with Gasteiger partial charge in [0.25, 0.3) is 8.32 Å². The molecule has 2 aromatic rings. The number of benzene rings is 2. The van der Waals surface area contributed by atoms with Crippen LogP contribution >= 0.6 is 0 Å². The third-order valence-electron chi connectivity index (χ3n) is 5.49. The summed E-state index contributed by atoms with van der Waals surface area (Å²) in [5.41, 5.74) is -0.517. The van der Waals surface area contributed by atoms with Crippen LogP contribution in [-0.2, 0) is 9.16 Å². The summed E-state index contributed by atoms with van der Waals surface area (Å²) in [4.78, 5) is 12.2. The monoisotopic (exact) mass is 437 g/mol. The van der Waals surface area contributed by atoms with Crippen LogP contribution in [0.5, 0.6) is 0 Å². The van der Waals surface area contributed by atoms with Gasteiger partial charge in [0.1, 0.15) is 5.60 Å². The molecule has 1 aliphatic rings. The van der Waals surface area contributed by atoms with Gasteiger partial charge >= 0.3 is 6.09 Å². The first kappa shape index (κ1) is 23.3. The smallest absolute Gasteiger partial charge is 0.408 e. The Kier molecular flexibility index (Phi) is 6.77. The van der Waals surface area contributed by atoms with Crippen LogP contribution in [0.3, 0.4) is 0 Å². The van der Waals surface area contributed by atoms with Crippen molar-refractivity contribution in [2.75, 3.05) is 0 Å². The number of hydrogen-bond donors (Lipinski definition) is 1. The van der Waals surface area contributed by atoms with E-state index in [9.17, 15) is 4.79 Å². The zero-order valence-corrected chi connectivity index (χ0v) is 20.5. The molecule has 0 saturated heterocycles. The molecule has 31 heavy (non-hydrogen) atoms. The van der Waals surface area contributed by atoms with Crippen LogP contribution in [0.25, 0.3) is 0 Å². The maximum atomic E-state index is 12.2. The molecule has 0 heterocycles. The largest absolute Gasteiger partial charge is 0.444 e. The lowest BCUT2D eigenvalue weighted by molar-refractivity contribution is 0.0509. The summed E-state index contributed by atoms with van der Waals surface area (Å²) >= 11 is 0. The van der Waals surface area contributed by atoms with Gasteiger partial charge in [0.15, 0.2) is 0 Å². The molecule has 0 unspecified atom stereocenters. The molecule has 0 bridgehead atoms. The van der Waals surface area contributed by atoms with Gasteiger partial charge in [-0.2, -0.15) is 0 Å². The highest BCUT2D eigenvalue weighted by molar-refractivity contribution is 6.99. The lowest BCUT2D eigenvalue weighted by Gasteiger charge is -2.44. The topological polar surface area (TPSA) is 47.6 Å². The number of rotatable bonds is 5. The van der Waals surface area contributed by atoms with E-state index in [1.807, 2.05) is 39.0 Å². The Hall–Kier alpha value is -2.37. The Bertz CT molecular complexity index is 858. The molecule has 0 fully saturated rings. The summed E-state index contributed by atoms with van der Waals surface area (Å²) < 4.78 is 12.5. The molecule has 2 atom stereocenters. The molecular weight excluding hydrogens is 402 g/mol. The highest BCUT2D eigenvalue weighted by Gasteiger charge is 2.51. The standard InChI is InChI=1S/C26H35NO3Si/c1-25(2,3)29-24(28)27-20-17-18-21(19-20)30-31(26(4,5)6,22-13-9-7-10-14-22)23-15-11-8-12-16-23/h7-18,20-21H,19H2,1-6H3,(H,27,28)/t20-,21+/m1/s1. The van der Waals surface area contributed by atoms with Gasteiger partial charge in [0.2, 0.25) is 0 Å². The molecule has 2 aromatic carbocycles. The van der Waals surface area contributed by atoms with E-state index in [1.54, 1.807) is 0 Å². The Labute approximate surface area is 187 Å². The predicted molar refractivity (Wildman–Crippen MR) is 129 cm³/mol. The van der Waals surface area contributed by atoms with E-state index < -0.39 is 20.0 Å². The first-order chi connectivity index (χ1) is 14.5. The van der Waals surface area contributed by atoms with Crippen LogP contribution in [0.15, 0.2) is 72.8 Å². The van der Waals surface area contributed by atoms with Crippen molar-refractivity contribution < 1.29 is 14.0 Å². The minimum Gasteiger partial charge on any atom is -0.444 e. The summed E-state index contributed by atoms with van der Waals surface area (Å²) in [5, 5.41) is 5.38. The SMILES string of the molecule is CC(C)(C)OC(=O)N[C@@H]1C=C[C@H](O[Si](c2ccccc2)(c2ccccc2)C(C)(C)C)C1. The van der Waals surface area contributed by atoms with E-state index in [-0.39, 0.29) is 17.2 Å². The fourth-order valence-corrected chi connectivity index (χ4v) is 8.88. The lowest BCUT2D eigenvalue weighted by Crippen LogP contribution is -2.67. The summed E-state index contributed by atoms with van der Waals surface area (Å²) in [7, 11) is -2.62. The molecule has 5 heteroatoms. The number of amides is 1. The second-order valence-corrected chi connectivity index (χ2v) is 14.4. The Morgan fingerprint density at radius 3 is 1.84 bits per heavy atom. The fourth-order valence-electron chi connectivity index (χ4n) is 4.24. The molecule has 0 spiro atoms. The van der Waals surface area contributed by atoms with Gasteiger partial charge in [-0.1, -0.05) is 93.6 Å². The number of alkyl carbamates (subject to hydrolysis) is 1. The highest BCUT2D eigenvalue weighted by Crippen LogP contribution is 2.38. The molecule has 0 radical (unpaired) electrons. The highest BCUT2D eigenvalue weighted by atomic mass is 28.4. The van der Waals surface area contributed by atoms with Gasteiger partial charge in [-0.3, -0.25) is 0 Å². The van der Waals surface area contributed by atoms with Crippen molar-refractivity contribution in [2.24, 2.45) is 0 Å². The number of ether oxygens (including phenoxy) is 1. The number of carbonyl (C=O) groups is 1. The third-order valence-corrected chi connectivity index (χ3v) is 10.6. The van der Waals surface area contributed by atoms with Gasteiger partial charge in [-0.15, -0.1) is 0 Å². The van der Waals surface area contributed by atoms with Gasteiger partial charge in [-0.25, -0.2) is 4.79 Å². The van der Waals surface area contributed by atoms with Crippen LogP contribution in [0.4, 0.5) is 4.79 Å². The third kappa shape index (κ3) is 5.46. The van der Waals surface area contributed by atoms with E-state index >= 15 is 0 Å². The van der Waals surface area contributed by atoms with Gasteiger partial charge < -0.3 is 14.5 Å². The van der Waals surface area contributed by atoms with Crippen LogP contribution in [0, 0.1) is 0 Å². The summed E-state index contributed by atoms with van der Waals surface area (Å²) in [6.45, 7) is 12.4. The van der Waals surface area contributed by atoms with Crippen LogP contribution in [0.1, 0.15) is 48.0 Å². The summed E-state index contributed by atoms with van der Waals surface area (Å²) in [5.74, 6) is 0. The van der Waals surface area contributed by atoms with E-state index in [0.717, 1.165) is 0 Å². The maximum absolute atomic E-state index is 12.2. The lowest BCUT2D eigenvalue weighted by atomic mass is 10.2. The molecule has 3 rings (SSSR count). The Morgan fingerprint density at radius 2 is 1.39 bits per heavy atom. The zero-order valence-electron chi connectivity index (χ0n) is 19.5. The van der Waals surface area contributed by atoms with E-state index in [4.69, 9.17) is 9.16 Å². The van der Waals surface area contributed by atoms with Gasteiger partial charge in [0.05, 0.1) is 12.1 Å². The second-order valence-electron chi connectivity index (χ2n) is 10.2. The predicted octanol–water partition coefficient (Wildman–Crippen LogP) is 4.78. The first-order valence-electron chi connectivity index (χ1n) is 11.0. The van der Waals surface area contributed by atoms with Crippen molar-refractivity contribution in [1.29, 1.82) is 0 Å². The Morgan fingerprint density at radius 1 is 0.871 bits per heavy atom. The fraction of sp³-hybridized carbons (Fsp3) is 0.423. The van der Waals surface area contributed by atoms with E-state index in [2.05, 4.69) is 80.7 Å². The maximum Gasteiger partial charge on any atom is 0.408 e. The molecule has 0 aliphatic heterocycles. The van der Waals surface area contributed by atoms with Crippen molar-refractivity contribution in [3.63, 3.8) is 0 Å². The van der Waals surface area contributed by atoms with Gasteiger partial charge in [-0.05, 0) is 42.6 Å². The van der Waals surface area contributed by atoms with Crippen molar-refractivity contribution in [3.8, 4) is 0 Å². The van der Waals surface area contributed by atoms with Crippen molar-refractivity contribution in [2.45, 2.75) is 70.7 Å². The number of nitrogens with one attached hydrogen (secondary N) is 1. The van der Waals surface area contributed by atoms with Crippen molar-refractivity contribution in [3.05, 3.63) is 72.8 Å². The van der Waals surface area contributed by atoms with Gasteiger partial charge in [0, 0.05) is 0 Å². The minimum atomic E-state index is -2.62. The molecule has 1 aliphatic carbocycles. The minimum absolute atomic E-state index is 0.0776. The second kappa shape index (κ2) is 9.01. The normalized spacial score (nSPS) is 19.3. The zero-order chi connectivity index (χ0) is 22.7. The molecule has 1 N–H and O–H groups in total. The van der Waals surface area contributed by atoms with Crippen molar-refractivity contribution in [1.82, 2.24) is 5.32 Å². The molecule has 4 nitrogen and oxygen atoms in total. The van der Waals surface area contributed by atoms with Crippen LogP contribution < -0.4 is 15.7 Å². The number of hydrogen-bond acceptors (Lipinski definition) is 3. The quantitative estimate of drug-likeness (QED) is 0.541. The summed E-state index contributed by atoms with van der Waals surface area (Å²) in [6.07, 6.45) is 4.33. The number of carbonyl (C=O) groups excluding carboxylic acids is 1. The van der Waals surface area contributed by atoms with Crippen molar-refractivity contribution >= 4 is 24.8 Å². The average Bonchev–Trinajstić information content (AvgIpc) is 3.11. The molecule has 0 aromatic heterocycles. The molecular formula is C26H35NO3Si. The molecule has 1 amide bonds. The van der Waals surface area contributed by atoms with Crippen LogP contribution in [-0.4, -0.2) is 32.2 Å². The Balaban J connectivity index is 1.88. The molecule has 166 valence electrons. The van der Waals surface area contributed by atoms with Crippen LogP contribution in [0.2, 0.25) is 5.04 Å². The average molecular weight is 438 g/mol.